The second-order valence-corrected chi connectivity index (χ2v) is 14.2. The Kier molecular flexibility index (Phi) is 10.0. The van der Waals surface area contributed by atoms with Gasteiger partial charge in [-0.05, 0) is 63.7 Å². The molecule has 0 aromatic heterocycles. The summed E-state index contributed by atoms with van der Waals surface area (Å²) in [5, 5.41) is 117. The van der Waals surface area contributed by atoms with Crippen molar-refractivity contribution in [3.8, 4) is 34.5 Å². The number of ether oxygens (including phenoxy) is 5. The summed E-state index contributed by atoms with van der Waals surface area (Å²) in [7, 11) is 0. The lowest BCUT2D eigenvalue weighted by Gasteiger charge is -2.39. The first-order valence-corrected chi connectivity index (χ1v) is 17.8. The van der Waals surface area contributed by atoms with E-state index in [1.54, 1.807) is 36.4 Å². The molecule has 296 valence electrons. The summed E-state index contributed by atoms with van der Waals surface area (Å²) in [4.78, 5) is 0. The van der Waals surface area contributed by atoms with E-state index >= 15 is 0 Å². The summed E-state index contributed by atoms with van der Waals surface area (Å²) < 4.78 is 30.1. The van der Waals surface area contributed by atoms with Gasteiger partial charge in [0.1, 0.15) is 89.4 Å². The molecule has 11 N–H and O–H groups in total. The first-order valence-electron chi connectivity index (χ1n) is 17.8. The van der Waals surface area contributed by atoms with Crippen LogP contribution in [0.1, 0.15) is 28.7 Å². The Bertz CT molecular complexity index is 2230. The average molecular weight is 777 g/mol. The van der Waals surface area contributed by atoms with E-state index in [-0.39, 0.29) is 34.5 Å². The highest BCUT2D eigenvalue weighted by molar-refractivity contribution is 6.13. The third kappa shape index (κ3) is 6.58. The molecule has 16 heteroatoms. The lowest BCUT2D eigenvalue weighted by Crippen LogP contribution is -2.60. The van der Waals surface area contributed by atoms with Crippen molar-refractivity contribution < 1.29 is 79.9 Å². The molecule has 8 rings (SSSR count). The first kappa shape index (κ1) is 37.9. The molecular weight excluding hydrogens is 736 g/mol. The molecule has 0 amide bonds. The number of aliphatic hydroxyl groups is 8. The topological polar surface area (TPSA) is 269 Å². The summed E-state index contributed by atoms with van der Waals surface area (Å²) in [5.74, 6) is -0.724. The molecule has 0 aliphatic carbocycles. The van der Waals surface area contributed by atoms with E-state index in [1.807, 2.05) is 6.07 Å². The molecule has 2 fully saturated rings. The molecule has 16 nitrogen and oxygen atoms in total. The fourth-order valence-corrected chi connectivity index (χ4v) is 7.77. The van der Waals surface area contributed by atoms with Gasteiger partial charge in [-0.25, -0.2) is 0 Å². The molecule has 12 atom stereocenters. The summed E-state index contributed by atoms with van der Waals surface area (Å²) in [6.07, 6.45) is -16.6. The average Bonchev–Trinajstić information content (AvgIpc) is 3.57. The van der Waals surface area contributed by atoms with E-state index in [9.17, 15) is 56.2 Å². The smallest absolute Gasteiger partial charge is 0.229 e. The van der Waals surface area contributed by atoms with Gasteiger partial charge in [0.05, 0.1) is 19.1 Å². The highest BCUT2D eigenvalue weighted by atomic mass is 16.7. The van der Waals surface area contributed by atoms with Crippen LogP contribution in [0.3, 0.4) is 0 Å². The quantitative estimate of drug-likeness (QED) is 0.0970. The number of fused-ring (bicyclic) bond motifs is 5. The molecule has 3 aliphatic rings. The molecule has 2 unspecified atom stereocenters. The fraction of sp³-hybridized carbons (Fsp3) is 0.350. The van der Waals surface area contributed by atoms with Crippen LogP contribution in [0.2, 0.25) is 0 Å². The van der Waals surface area contributed by atoms with Gasteiger partial charge in [0.15, 0.2) is 0 Å². The van der Waals surface area contributed by atoms with Crippen LogP contribution in [0.5, 0.6) is 34.5 Å². The Morgan fingerprint density at radius 1 is 0.536 bits per heavy atom. The van der Waals surface area contributed by atoms with Gasteiger partial charge in [-0.1, -0.05) is 30.3 Å². The van der Waals surface area contributed by atoms with E-state index in [4.69, 9.17) is 23.7 Å². The lowest BCUT2D eigenvalue weighted by atomic mass is 9.82. The minimum atomic E-state index is -1.74. The molecular formula is C40H40O16. The highest BCUT2D eigenvalue weighted by Crippen LogP contribution is 2.56. The van der Waals surface area contributed by atoms with Gasteiger partial charge in [-0.3, -0.25) is 0 Å². The minimum Gasteiger partial charge on any atom is -0.508 e. The highest BCUT2D eigenvalue weighted by Gasteiger charge is 2.47. The zero-order chi connectivity index (χ0) is 39.6. The van der Waals surface area contributed by atoms with Gasteiger partial charge < -0.3 is 79.9 Å². The molecule has 3 heterocycles. The summed E-state index contributed by atoms with van der Waals surface area (Å²) in [6, 6.07) is 20.5. The number of hydrogen-bond donors (Lipinski definition) is 11. The van der Waals surface area contributed by atoms with Crippen molar-refractivity contribution in [3.63, 3.8) is 0 Å². The fourth-order valence-electron chi connectivity index (χ4n) is 7.77. The van der Waals surface area contributed by atoms with Crippen LogP contribution >= 0.6 is 0 Å². The van der Waals surface area contributed by atoms with Gasteiger partial charge in [-0.15, -0.1) is 0 Å². The van der Waals surface area contributed by atoms with Gasteiger partial charge in [-0.2, -0.15) is 0 Å². The molecule has 2 saturated heterocycles. The normalized spacial score (nSPS) is 31.6. The second-order valence-electron chi connectivity index (χ2n) is 14.2. The molecule has 0 saturated carbocycles. The lowest BCUT2D eigenvalue weighted by molar-refractivity contribution is -0.277. The van der Waals surface area contributed by atoms with E-state index in [2.05, 4.69) is 0 Å². The Hall–Kier alpha value is -4.98. The van der Waals surface area contributed by atoms with Gasteiger partial charge in [0, 0.05) is 23.1 Å². The van der Waals surface area contributed by atoms with Crippen LogP contribution in [0.15, 0.2) is 78.9 Å². The van der Waals surface area contributed by atoms with Crippen LogP contribution in [-0.4, -0.2) is 131 Å². The maximum absolute atomic E-state index is 11.1. The van der Waals surface area contributed by atoms with Gasteiger partial charge in [0.2, 0.25) is 12.6 Å². The zero-order valence-electron chi connectivity index (χ0n) is 29.3. The predicted octanol–water partition coefficient (Wildman–Crippen LogP) is 0.733. The Labute approximate surface area is 317 Å². The standard InChI is InChI=1S/C40H40O16/c41-14-27-32(46)34(48)36(50)39(55-27)52-22-10-18(9-21(45)11-22)29-31-23-8-4-16-1-7-20(44)12-24(16)30(23)25(54-40-37(51)35(49)33(47)28(15-42)56-40)13-26(31)53-38(29)17-2-5-19(43)6-3-17/h1-13,27-29,32-51H,14-15H2/t27-,28+,29+,32-,33+,34+,35-,36-,37+,38-,39?,40?/m1/s1. The number of rotatable bonds is 8. The number of aliphatic hydroxyl groups excluding tert-OH is 8. The number of benzene rings is 5. The van der Waals surface area contributed by atoms with Gasteiger partial charge >= 0.3 is 0 Å². The van der Waals surface area contributed by atoms with Crippen molar-refractivity contribution in [1.82, 2.24) is 0 Å². The first-order chi connectivity index (χ1) is 26.9. The van der Waals surface area contributed by atoms with Gasteiger partial charge in [0.25, 0.3) is 0 Å². The summed E-state index contributed by atoms with van der Waals surface area (Å²) in [5.41, 5.74) is 1.61. The monoisotopic (exact) mass is 776 g/mol. The SMILES string of the molecule is OC[C@@H]1OC(Oc2cc3c(c4ccc5ccc(O)cc5c24)[C@H](c2cc(O)cc(OC4O[C@H](CO)[C@@H](O)[C@H](O)[C@H]4O)c2)[C@@H](c2ccc(O)cc2)O3)[C@@H](O)[C@H](O)[C@H]1O. The van der Waals surface area contributed by atoms with Crippen LogP contribution in [-0.2, 0) is 9.47 Å². The maximum atomic E-state index is 11.1. The molecule has 0 spiro atoms. The number of phenols is 3. The number of aromatic hydroxyl groups is 3. The van der Waals surface area contributed by atoms with Crippen molar-refractivity contribution in [2.75, 3.05) is 13.2 Å². The van der Waals surface area contributed by atoms with Crippen molar-refractivity contribution in [3.05, 3.63) is 95.6 Å². The van der Waals surface area contributed by atoms with E-state index in [0.29, 0.717) is 38.2 Å². The molecule has 0 bridgehead atoms. The van der Waals surface area contributed by atoms with Crippen molar-refractivity contribution in [1.29, 1.82) is 0 Å². The van der Waals surface area contributed by atoms with E-state index < -0.39 is 86.6 Å². The van der Waals surface area contributed by atoms with Crippen molar-refractivity contribution in [2.24, 2.45) is 0 Å². The Morgan fingerprint density at radius 2 is 1.14 bits per heavy atom. The largest absolute Gasteiger partial charge is 0.508 e. The summed E-state index contributed by atoms with van der Waals surface area (Å²) in [6.45, 7) is -1.36. The minimum absolute atomic E-state index is 0.000300. The van der Waals surface area contributed by atoms with Crippen molar-refractivity contribution >= 4 is 21.5 Å². The molecule has 3 aliphatic heterocycles. The molecule has 5 aromatic rings. The van der Waals surface area contributed by atoms with Crippen LogP contribution in [0.25, 0.3) is 21.5 Å². The third-order valence-electron chi connectivity index (χ3n) is 10.6. The number of hydrogen-bond acceptors (Lipinski definition) is 16. The van der Waals surface area contributed by atoms with Crippen LogP contribution < -0.4 is 14.2 Å². The number of phenolic OH excluding ortho intramolecular Hbond substituents is 3. The molecule has 0 radical (unpaired) electrons. The van der Waals surface area contributed by atoms with E-state index in [0.717, 1.165) is 0 Å². The Balaban J connectivity index is 1.29. The molecule has 56 heavy (non-hydrogen) atoms. The zero-order valence-corrected chi connectivity index (χ0v) is 29.3. The summed E-state index contributed by atoms with van der Waals surface area (Å²) >= 11 is 0. The van der Waals surface area contributed by atoms with Crippen molar-refractivity contribution in [2.45, 2.75) is 73.4 Å². The predicted molar refractivity (Wildman–Crippen MR) is 193 cm³/mol. The van der Waals surface area contributed by atoms with Crippen LogP contribution in [0, 0.1) is 0 Å². The van der Waals surface area contributed by atoms with E-state index in [1.165, 1.54) is 36.4 Å². The maximum Gasteiger partial charge on any atom is 0.229 e. The molecule has 5 aromatic carbocycles. The van der Waals surface area contributed by atoms with Crippen LogP contribution in [0.4, 0.5) is 0 Å². The Morgan fingerprint density at radius 3 is 1.79 bits per heavy atom. The second kappa shape index (κ2) is 14.8. The third-order valence-corrected chi connectivity index (χ3v) is 10.6.